The second-order valence-corrected chi connectivity index (χ2v) is 3.88. The number of aromatic nitrogens is 3. The highest BCUT2D eigenvalue weighted by molar-refractivity contribution is 5.18. The summed E-state index contributed by atoms with van der Waals surface area (Å²) < 4.78 is 10.9. The van der Waals surface area contributed by atoms with Crippen LogP contribution in [-0.4, -0.2) is 22.2 Å². The van der Waals surface area contributed by atoms with Crippen molar-refractivity contribution in [1.29, 1.82) is 0 Å². The molecular formula is C11H17N5O2. The van der Waals surface area contributed by atoms with Gasteiger partial charge in [-0.05, 0) is 14.0 Å². The summed E-state index contributed by atoms with van der Waals surface area (Å²) in [5.41, 5.74) is 0. The maximum Gasteiger partial charge on any atom is 0.315 e. The largest absolute Gasteiger partial charge is 0.444 e. The highest BCUT2D eigenvalue weighted by atomic mass is 16.4. The summed E-state index contributed by atoms with van der Waals surface area (Å²) in [5, 5.41) is 13.8. The fraction of sp³-hybridized carbons (Fsp3) is 0.545. The normalized spacial score (nSPS) is 12.6. The third-order valence-electron chi connectivity index (χ3n) is 2.58. The van der Waals surface area contributed by atoms with Gasteiger partial charge in [0.15, 0.2) is 0 Å². The monoisotopic (exact) mass is 251 g/mol. The molecule has 2 aromatic heterocycles. The fourth-order valence-corrected chi connectivity index (χ4v) is 1.35. The molecule has 2 aromatic rings. The number of hydrogen-bond donors (Lipinski definition) is 2. The molecule has 0 aromatic carbocycles. The van der Waals surface area contributed by atoms with E-state index < -0.39 is 0 Å². The molecule has 2 heterocycles. The minimum Gasteiger partial charge on any atom is -0.444 e. The SMILES string of the molecule is CCc1cnc(CNc2nnc(C(C)NC)o2)o1. The molecular weight excluding hydrogens is 234 g/mol. The highest BCUT2D eigenvalue weighted by Crippen LogP contribution is 2.14. The smallest absolute Gasteiger partial charge is 0.315 e. The minimum absolute atomic E-state index is 0.0291. The summed E-state index contributed by atoms with van der Waals surface area (Å²) in [6.07, 6.45) is 2.55. The fourth-order valence-electron chi connectivity index (χ4n) is 1.35. The number of rotatable bonds is 6. The standard InChI is InChI=1S/C11H17N5O2/c1-4-8-5-13-9(17-8)6-14-11-16-15-10(18-11)7(2)12-3/h5,7,12H,4,6H2,1-3H3,(H,14,16). The summed E-state index contributed by atoms with van der Waals surface area (Å²) >= 11 is 0. The molecule has 0 spiro atoms. The van der Waals surface area contributed by atoms with E-state index >= 15 is 0 Å². The van der Waals surface area contributed by atoms with Crippen molar-refractivity contribution in [3.05, 3.63) is 23.7 Å². The molecule has 2 rings (SSSR count). The Kier molecular flexibility index (Phi) is 3.93. The summed E-state index contributed by atoms with van der Waals surface area (Å²) in [6, 6.07) is 0.393. The first kappa shape index (κ1) is 12.6. The van der Waals surface area contributed by atoms with Crippen molar-refractivity contribution in [3.63, 3.8) is 0 Å². The summed E-state index contributed by atoms with van der Waals surface area (Å²) in [7, 11) is 1.83. The number of aryl methyl sites for hydroxylation is 1. The van der Waals surface area contributed by atoms with Crippen LogP contribution in [0.25, 0.3) is 0 Å². The molecule has 7 nitrogen and oxygen atoms in total. The van der Waals surface area contributed by atoms with Gasteiger partial charge >= 0.3 is 6.01 Å². The average Bonchev–Trinajstić information content (AvgIpc) is 3.04. The first-order chi connectivity index (χ1) is 8.72. The van der Waals surface area contributed by atoms with E-state index in [4.69, 9.17) is 8.83 Å². The van der Waals surface area contributed by atoms with Gasteiger partial charge in [0.05, 0.1) is 18.8 Å². The third-order valence-corrected chi connectivity index (χ3v) is 2.58. The van der Waals surface area contributed by atoms with Crippen molar-refractivity contribution in [2.24, 2.45) is 0 Å². The molecule has 98 valence electrons. The van der Waals surface area contributed by atoms with Crippen LogP contribution in [0.5, 0.6) is 0 Å². The zero-order valence-electron chi connectivity index (χ0n) is 10.7. The van der Waals surface area contributed by atoms with E-state index in [1.54, 1.807) is 6.20 Å². The van der Waals surface area contributed by atoms with Crippen LogP contribution < -0.4 is 10.6 Å². The van der Waals surface area contributed by atoms with Crippen molar-refractivity contribution in [2.45, 2.75) is 32.9 Å². The first-order valence-electron chi connectivity index (χ1n) is 5.91. The van der Waals surface area contributed by atoms with Gasteiger partial charge in [-0.25, -0.2) is 4.98 Å². The van der Waals surface area contributed by atoms with E-state index in [1.165, 1.54) is 0 Å². The molecule has 0 aliphatic heterocycles. The van der Waals surface area contributed by atoms with Crippen molar-refractivity contribution >= 4 is 6.01 Å². The number of nitrogens with one attached hydrogen (secondary N) is 2. The van der Waals surface area contributed by atoms with Crippen LogP contribution in [0.3, 0.4) is 0 Å². The van der Waals surface area contributed by atoms with E-state index in [9.17, 15) is 0 Å². The third kappa shape index (κ3) is 2.86. The molecule has 0 amide bonds. The lowest BCUT2D eigenvalue weighted by atomic mass is 10.3. The maximum absolute atomic E-state index is 5.45. The van der Waals surface area contributed by atoms with Gasteiger partial charge in [-0.1, -0.05) is 12.0 Å². The molecule has 0 saturated carbocycles. The van der Waals surface area contributed by atoms with Crippen LogP contribution in [0.4, 0.5) is 6.01 Å². The molecule has 0 saturated heterocycles. The minimum atomic E-state index is 0.0291. The van der Waals surface area contributed by atoms with Crippen LogP contribution in [0.2, 0.25) is 0 Å². The molecule has 0 aliphatic rings. The second-order valence-electron chi connectivity index (χ2n) is 3.88. The average molecular weight is 251 g/mol. The zero-order chi connectivity index (χ0) is 13.0. The van der Waals surface area contributed by atoms with Gasteiger partial charge in [0.2, 0.25) is 11.8 Å². The summed E-state index contributed by atoms with van der Waals surface area (Å²) in [6.45, 7) is 4.38. The van der Waals surface area contributed by atoms with Gasteiger partial charge in [0.25, 0.3) is 0 Å². The number of nitrogens with zero attached hydrogens (tertiary/aromatic N) is 3. The van der Waals surface area contributed by atoms with Gasteiger partial charge in [-0.2, -0.15) is 0 Å². The predicted molar refractivity (Wildman–Crippen MR) is 65.0 cm³/mol. The summed E-state index contributed by atoms with van der Waals surface area (Å²) in [4.78, 5) is 4.13. The maximum atomic E-state index is 5.45. The lowest BCUT2D eigenvalue weighted by Crippen LogP contribution is -2.12. The molecule has 7 heteroatoms. The van der Waals surface area contributed by atoms with E-state index in [1.807, 2.05) is 20.9 Å². The van der Waals surface area contributed by atoms with Gasteiger partial charge in [-0.15, -0.1) is 5.10 Å². The van der Waals surface area contributed by atoms with E-state index in [0.29, 0.717) is 24.3 Å². The van der Waals surface area contributed by atoms with E-state index in [0.717, 1.165) is 12.2 Å². The van der Waals surface area contributed by atoms with Crippen LogP contribution >= 0.6 is 0 Å². The molecule has 18 heavy (non-hydrogen) atoms. The second kappa shape index (κ2) is 5.63. The number of oxazole rings is 1. The van der Waals surface area contributed by atoms with Gasteiger partial charge in [-0.3, -0.25) is 0 Å². The highest BCUT2D eigenvalue weighted by Gasteiger charge is 2.12. The van der Waals surface area contributed by atoms with Crippen molar-refractivity contribution in [1.82, 2.24) is 20.5 Å². The van der Waals surface area contributed by atoms with Gasteiger partial charge in [0.1, 0.15) is 5.76 Å². The molecule has 2 N–H and O–H groups in total. The van der Waals surface area contributed by atoms with Gasteiger partial charge < -0.3 is 19.5 Å². The lowest BCUT2D eigenvalue weighted by molar-refractivity contribution is 0.435. The van der Waals surface area contributed by atoms with Gasteiger partial charge in [0, 0.05) is 6.42 Å². The van der Waals surface area contributed by atoms with E-state index in [-0.39, 0.29) is 6.04 Å². The number of hydrogen-bond acceptors (Lipinski definition) is 7. The van der Waals surface area contributed by atoms with E-state index in [2.05, 4.69) is 25.8 Å². The Labute approximate surface area is 105 Å². The molecule has 0 fully saturated rings. The zero-order valence-corrected chi connectivity index (χ0v) is 10.7. The number of anilines is 1. The van der Waals surface area contributed by atoms with Crippen LogP contribution in [-0.2, 0) is 13.0 Å². The quantitative estimate of drug-likeness (QED) is 0.804. The Morgan fingerprint density at radius 1 is 1.33 bits per heavy atom. The van der Waals surface area contributed by atoms with Crippen molar-refractivity contribution in [3.8, 4) is 0 Å². The van der Waals surface area contributed by atoms with Crippen LogP contribution in [0.15, 0.2) is 15.0 Å². The Hall–Kier alpha value is -1.89. The Morgan fingerprint density at radius 3 is 2.83 bits per heavy atom. The van der Waals surface area contributed by atoms with Crippen molar-refractivity contribution in [2.75, 3.05) is 12.4 Å². The predicted octanol–water partition coefficient (Wildman–Crippen LogP) is 1.51. The molecule has 1 unspecified atom stereocenters. The van der Waals surface area contributed by atoms with Crippen LogP contribution in [0.1, 0.15) is 37.4 Å². The molecule has 1 atom stereocenters. The first-order valence-corrected chi connectivity index (χ1v) is 5.91. The Bertz CT molecular complexity index is 493. The molecule has 0 bridgehead atoms. The molecule has 0 radical (unpaired) electrons. The van der Waals surface area contributed by atoms with Crippen LogP contribution in [0, 0.1) is 0 Å². The Morgan fingerprint density at radius 2 is 2.17 bits per heavy atom. The van der Waals surface area contributed by atoms with Crippen molar-refractivity contribution < 1.29 is 8.83 Å². The molecule has 0 aliphatic carbocycles. The summed E-state index contributed by atoms with van der Waals surface area (Å²) in [5.74, 6) is 2.01. The lowest BCUT2D eigenvalue weighted by Gasteiger charge is -2.02. The topological polar surface area (TPSA) is 89.0 Å². The Balaban J connectivity index is 1.91.